The molecular formula is C10H19NO2. The molecule has 1 aliphatic heterocycles. The highest BCUT2D eigenvalue weighted by Crippen LogP contribution is 2.35. The summed E-state index contributed by atoms with van der Waals surface area (Å²) in [7, 11) is 0. The Kier molecular flexibility index (Phi) is 2.96. The summed E-state index contributed by atoms with van der Waals surface area (Å²) in [5.41, 5.74) is 0.154. The number of rotatable bonds is 1. The number of nitrogens with one attached hydrogen (secondary N) is 1. The van der Waals surface area contributed by atoms with Gasteiger partial charge in [0.2, 0.25) is 5.91 Å². The van der Waals surface area contributed by atoms with Gasteiger partial charge in [-0.2, -0.15) is 0 Å². The Hall–Kier alpha value is -0.570. The zero-order valence-corrected chi connectivity index (χ0v) is 8.63. The predicted octanol–water partition coefficient (Wildman–Crippen LogP) is 0.777. The first-order valence-electron chi connectivity index (χ1n) is 4.82. The van der Waals surface area contributed by atoms with Crippen LogP contribution in [0.25, 0.3) is 0 Å². The number of piperidine rings is 1. The van der Waals surface area contributed by atoms with Gasteiger partial charge in [-0.1, -0.05) is 20.8 Å². The van der Waals surface area contributed by atoms with Crippen LogP contribution in [-0.2, 0) is 4.79 Å². The van der Waals surface area contributed by atoms with E-state index < -0.39 is 0 Å². The number of carbonyl (C=O) groups is 1. The third-order valence-corrected chi connectivity index (χ3v) is 2.88. The molecule has 2 unspecified atom stereocenters. The molecule has 0 aromatic rings. The highest BCUT2D eigenvalue weighted by molar-refractivity contribution is 5.77. The Labute approximate surface area is 79.5 Å². The second-order valence-electron chi connectivity index (χ2n) is 4.92. The maximum Gasteiger partial charge on any atom is 0.220 e. The highest BCUT2D eigenvalue weighted by Gasteiger charge is 2.36. The van der Waals surface area contributed by atoms with Crippen molar-refractivity contribution in [3.05, 3.63) is 0 Å². The maximum absolute atomic E-state index is 11.1. The summed E-state index contributed by atoms with van der Waals surface area (Å²) in [6.07, 6.45) is 0.471. The summed E-state index contributed by atoms with van der Waals surface area (Å²) in [5.74, 6) is 0.587. The highest BCUT2D eigenvalue weighted by atomic mass is 16.3. The van der Waals surface area contributed by atoms with Crippen molar-refractivity contribution in [3.63, 3.8) is 0 Å². The van der Waals surface area contributed by atoms with Crippen molar-refractivity contribution in [2.75, 3.05) is 13.2 Å². The van der Waals surface area contributed by atoms with Crippen LogP contribution in [0.15, 0.2) is 0 Å². The minimum atomic E-state index is 0.0690. The minimum Gasteiger partial charge on any atom is -0.396 e. The monoisotopic (exact) mass is 185 g/mol. The van der Waals surface area contributed by atoms with Gasteiger partial charge in [-0.25, -0.2) is 0 Å². The lowest BCUT2D eigenvalue weighted by molar-refractivity contribution is -0.126. The van der Waals surface area contributed by atoms with E-state index in [4.69, 9.17) is 5.11 Å². The number of aliphatic hydroxyl groups is 1. The molecule has 3 heteroatoms. The van der Waals surface area contributed by atoms with E-state index in [1.807, 2.05) is 0 Å². The van der Waals surface area contributed by atoms with E-state index in [-0.39, 0.29) is 23.8 Å². The van der Waals surface area contributed by atoms with Gasteiger partial charge in [0.15, 0.2) is 0 Å². The van der Waals surface area contributed by atoms with E-state index in [0.717, 1.165) is 0 Å². The smallest absolute Gasteiger partial charge is 0.220 e. The third-order valence-electron chi connectivity index (χ3n) is 2.88. The fourth-order valence-corrected chi connectivity index (χ4v) is 2.05. The molecule has 0 radical (unpaired) electrons. The van der Waals surface area contributed by atoms with Gasteiger partial charge in [0.05, 0.1) is 0 Å². The van der Waals surface area contributed by atoms with E-state index in [9.17, 15) is 4.79 Å². The van der Waals surface area contributed by atoms with E-state index >= 15 is 0 Å². The summed E-state index contributed by atoms with van der Waals surface area (Å²) < 4.78 is 0. The van der Waals surface area contributed by atoms with Crippen molar-refractivity contribution in [1.82, 2.24) is 5.32 Å². The normalized spacial score (nSPS) is 30.0. The number of amides is 1. The van der Waals surface area contributed by atoms with Crippen LogP contribution in [-0.4, -0.2) is 24.2 Å². The Bertz CT molecular complexity index is 196. The lowest BCUT2D eigenvalue weighted by Gasteiger charge is -2.39. The van der Waals surface area contributed by atoms with Gasteiger partial charge in [-0.3, -0.25) is 4.79 Å². The van der Waals surface area contributed by atoms with Gasteiger partial charge in [-0.15, -0.1) is 0 Å². The van der Waals surface area contributed by atoms with Crippen LogP contribution in [0.3, 0.4) is 0 Å². The van der Waals surface area contributed by atoms with Gasteiger partial charge >= 0.3 is 0 Å². The zero-order valence-electron chi connectivity index (χ0n) is 8.63. The Balaban J connectivity index is 2.68. The van der Waals surface area contributed by atoms with Gasteiger partial charge < -0.3 is 10.4 Å². The summed E-state index contributed by atoms with van der Waals surface area (Å²) in [6.45, 7) is 7.27. The van der Waals surface area contributed by atoms with Crippen LogP contribution in [0.5, 0.6) is 0 Å². The van der Waals surface area contributed by atoms with Crippen LogP contribution in [0.1, 0.15) is 27.2 Å². The average Bonchev–Trinajstić information content (AvgIpc) is 2.01. The molecule has 76 valence electrons. The van der Waals surface area contributed by atoms with Crippen molar-refractivity contribution in [3.8, 4) is 0 Å². The SMILES string of the molecule is CC(C)(C)C1CNC(=O)CC1CO. The predicted molar refractivity (Wildman–Crippen MR) is 51.1 cm³/mol. The Morgan fingerprint density at radius 3 is 2.62 bits per heavy atom. The summed E-state index contributed by atoms with van der Waals surface area (Å²) in [6, 6.07) is 0. The van der Waals surface area contributed by atoms with Gasteiger partial charge in [0.1, 0.15) is 0 Å². The van der Waals surface area contributed by atoms with Crippen LogP contribution >= 0.6 is 0 Å². The van der Waals surface area contributed by atoms with Crippen molar-refractivity contribution in [2.45, 2.75) is 27.2 Å². The molecule has 13 heavy (non-hydrogen) atoms. The Morgan fingerprint density at radius 2 is 2.15 bits per heavy atom. The second kappa shape index (κ2) is 3.66. The first kappa shape index (κ1) is 10.5. The van der Waals surface area contributed by atoms with Gasteiger partial charge in [-0.05, 0) is 17.3 Å². The van der Waals surface area contributed by atoms with E-state index in [1.165, 1.54) is 0 Å². The number of hydrogen-bond acceptors (Lipinski definition) is 2. The molecule has 0 saturated carbocycles. The Morgan fingerprint density at radius 1 is 1.54 bits per heavy atom. The molecule has 2 atom stereocenters. The first-order valence-corrected chi connectivity index (χ1v) is 4.82. The average molecular weight is 185 g/mol. The molecule has 0 bridgehead atoms. The maximum atomic E-state index is 11.1. The fourth-order valence-electron chi connectivity index (χ4n) is 2.05. The molecule has 1 heterocycles. The lowest BCUT2D eigenvalue weighted by atomic mass is 9.70. The third kappa shape index (κ3) is 2.44. The van der Waals surface area contributed by atoms with Crippen molar-refractivity contribution in [2.24, 2.45) is 17.3 Å². The molecule has 0 aliphatic carbocycles. The molecule has 1 rings (SSSR count). The molecule has 1 saturated heterocycles. The molecule has 1 amide bonds. The van der Waals surface area contributed by atoms with Crippen molar-refractivity contribution < 1.29 is 9.90 Å². The molecule has 0 spiro atoms. The summed E-state index contributed by atoms with van der Waals surface area (Å²) >= 11 is 0. The fraction of sp³-hybridized carbons (Fsp3) is 0.900. The zero-order chi connectivity index (χ0) is 10.1. The van der Waals surface area contributed by atoms with Crippen LogP contribution < -0.4 is 5.32 Å². The van der Waals surface area contributed by atoms with Crippen molar-refractivity contribution >= 4 is 5.91 Å². The molecular weight excluding hydrogens is 166 g/mol. The summed E-state index contributed by atoms with van der Waals surface area (Å²) in [5, 5.41) is 12.0. The number of hydrogen-bond donors (Lipinski definition) is 2. The largest absolute Gasteiger partial charge is 0.396 e. The molecule has 1 aliphatic rings. The van der Waals surface area contributed by atoms with Gasteiger partial charge in [0.25, 0.3) is 0 Å². The van der Waals surface area contributed by atoms with Crippen LogP contribution in [0, 0.1) is 17.3 Å². The van der Waals surface area contributed by atoms with Gasteiger partial charge in [0, 0.05) is 19.6 Å². The second-order valence-corrected chi connectivity index (χ2v) is 4.92. The quantitative estimate of drug-likeness (QED) is 0.634. The lowest BCUT2D eigenvalue weighted by Crippen LogP contribution is -2.47. The number of carbonyl (C=O) groups excluding carboxylic acids is 1. The molecule has 0 aromatic heterocycles. The number of aliphatic hydroxyl groups excluding tert-OH is 1. The van der Waals surface area contributed by atoms with E-state index in [1.54, 1.807) is 0 Å². The molecule has 0 aromatic carbocycles. The molecule has 1 fully saturated rings. The van der Waals surface area contributed by atoms with E-state index in [2.05, 4.69) is 26.1 Å². The standard InChI is InChI=1S/C10H19NO2/c1-10(2,3)8-5-11-9(13)4-7(8)6-12/h7-8,12H,4-6H2,1-3H3,(H,11,13). The van der Waals surface area contributed by atoms with Crippen LogP contribution in [0.2, 0.25) is 0 Å². The minimum absolute atomic E-state index is 0.0690. The van der Waals surface area contributed by atoms with Crippen LogP contribution in [0.4, 0.5) is 0 Å². The first-order chi connectivity index (χ1) is 5.95. The molecule has 3 nitrogen and oxygen atoms in total. The molecule has 2 N–H and O–H groups in total. The summed E-state index contributed by atoms with van der Waals surface area (Å²) in [4.78, 5) is 11.1. The van der Waals surface area contributed by atoms with E-state index in [0.29, 0.717) is 18.9 Å². The topological polar surface area (TPSA) is 49.3 Å². The van der Waals surface area contributed by atoms with Crippen molar-refractivity contribution in [1.29, 1.82) is 0 Å².